The van der Waals surface area contributed by atoms with Gasteiger partial charge in [0.15, 0.2) is 5.82 Å². The number of piperidine rings is 1. The van der Waals surface area contributed by atoms with Crippen LogP contribution in [0.2, 0.25) is 0 Å². The number of rotatable bonds is 2. The Hall–Kier alpha value is -1.33. The van der Waals surface area contributed by atoms with Crippen molar-refractivity contribution in [2.45, 2.75) is 32.9 Å². The van der Waals surface area contributed by atoms with Gasteiger partial charge in [0.2, 0.25) is 0 Å². The summed E-state index contributed by atoms with van der Waals surface area (Å²) in [5, 5.41) is 7.29. The Labute approximate surface area is 110 Å². The highest BCUT2D eigenvalue weighted by Gasteiger charge is 2.36. The molecule has 0 bridgehead atoms. The van der Waals surface area contributed by atoms with Crippen LogP contribution in [0.4, 0.5) is 19.0 Å². The van der Waals surface area contributed by atoms with Gasteiger partial charge in [0.1, 0.15) is 5.56 Å². The van der Waals surface area contributed by atoms with Crippen molar-refractivity contribution in [2.24, 2.45) is 11.8 Å². The summed E-state index contributed by atoms with van der Waals surface area (Å²) in [5.74, 6) is 1.13. The average Bonchev–Trinajstić information content (AvgIpc) is 2.38. The van der Waals surface area contributed by atoms with E-state index < -0.39 is 11.7 Å². The number of aromatic nitrogens is 2. The number of nitrogens with zero attached hydrogens (tertiary/aromatic N) is 3. The molecule has 1 aliphatic rings. The SMILES string of the molecule is CC(C)C1CCN(c2nnccc2C(F)(F)F)CC1. The van der Waals surface area contributed by atoms with Gasteiger partial charge in [-0.3, -0.25) is 0 Å². The van der Waals surface area contributed by atoms with E-state index in [0.717, 1.165) is 25.1 Å². The van der Waals surface area contributed by atoms with Gasteiger partial charge in [0, 0.05) is 13.1 Å². The molecular formula is C13H18F3N3. The van der Waals surface area contributed by atoms with Crippen LogP contribution in [-0.4, -0.2) is 23.3 Å². The fourth-order valence-electron chi connectivity index (χ4n) is 2.56. The normalized spacial score (nSPS) is 18.1. The van der Waals surface area contributed by atoms with Crippen LogP contribution in [0.25, 0.3) is 0 Å². The summed E-state index contributed by atoms with van der Waals surface area (Å²) in [4.78, 5) is 1.70. The number of anilines is 1. The minimum atomic E-state index is -4.37. The molecule has 1 aromatic heterocycles. The Morgan fingerprint density at radius 3 is 2.42 bits per heavy atom. The molecule has 6 heteroatoms. The third kappa shape index (κ3) is 3.16. The van der Waals surface area contributed by atoms with Gasteiger partial charge in [-0.05, 0) is 30.7 Å². The molecule has 106 valence electrons. The van der Waals surface area contributed by atoms with Crippen LogP contribution in [0.15, 0.2) is 12.3 Å². The molecule has 0 aliphatic carbocycles. The second kappa shape index (κ2) is 5.35. The molecule has 1 aromatic rings. The summed E-state index contributed by atoms with van der Waals surface area (Å²) in [6.45, 7) is 5.54. The highest BCUT2D eigenvalue weighted by atomic mass is 19.4. The van der Waals surface area contributed by atoms with Crippen molar-refractivity contribution in [3.8, 4) is 0 Å². The smallest absolute Gasteiger partial charge is 0.355 e. The molecule has 0 unspecified atom stereocenters. The molecule has 0 atom stereocenters. The number of hydrogen-bond donors (Lipinski definition) is 0. The van der Waals surface area contributed by atoms with E-state index in [9.17, 15) is 13.2 Å². The molecule has 1 fully saturated rings. The molecule has 0 spiro atoms. The van der Waals surface area contributed by atoms with Gasteiger partial charge >= 0.3 is 6.18 Å². The van der Waals surface area contributed by atoms with Crippen LogP contribution in [-0.2, 0) is 6.18 Å². The monoisotopic (exact) mass is 273 g/mol. The lowest BCUT2D eigenvalue weighted by molar-refractivity contribution is -0.137. The first-order valence-electron chi connectivity index (χ1n) is 6.53. The van der Waals surface area contributed by atoms with E-state index in [1.165, 1.54) is 0 Å². The average molecular weight is 273 g/mol. The summed E-state index contributed by atoms with van der Waals surface area (Å²) < 4.78 is 38.7. The zero-order valence-corrected chi connectivity index (χ0v) is 11.1. The molecule has 0 amide bonds. The Morgan fingerprint density at radius 2 is 1.89 bits per heavy atom. The van der Waals surface area contributed by atoms with Gasteiger partial charge in [-0.1, -0.05) is 13.8 Å². The maximum absolute atomic E-state index is 12.9. The molecule has 3 nitrogen and oxygen atoms in total. The summed E-state index contributed by atoms with van der Waals surface area (Å²) in [5.41, 5.74) is -0.689. The molecule has 1 aliphatic heterocycles. The zero-order chi connectivity index (χ0) is 14.0. The first-order valence-corrected chi connectivity index (χ1v) is 6.53. The van der Waals surface area contributed by atoms with Crippen LogP contribution in [0, 0.1) is 11.8 Å². The lowest BCUT2D eigenvalue weighted by atomic mass is 9.86. The van der Waals surface area contributed by atoms with E-state index in [2.05, 4.69) is 24.0 Å². The fourth-order valence-corrected chi connectivity index (χ4v) is 2.56. The second-order valence-corrected chi connectivity index (χ2v) is 5.33. The van der Waals surface area contributed by atoms with E-state index in [1.807, 2.05) is 0 Å². The zero-order valence-electron chi connectivity index (χ0n) is 11.1. The summed E-state index contributed by atoms with van der Waals surface area (Å²) in [6, 6.07) is 0.997. The third-order valence-electron chi connectivity index (χ3n) is 3.79. The van der Waals surface area contributed by atoms with Crippen LogP contribution in [0.3, 0.4) is 0 Å². The molecule has 0 aromatic carbocycles. The summed E-state index contributed by atoms with van der Waals surface area (Å²) >= 11 is 0. The van der Waals surface area contributed by atoms with Crippen LogP contribution >= 0.6 is 0 Å². The van der Waals surface area contributed by atoms with Gasteiger partial charge in [0.05, 0.1) is 6.20 Å². The van der Waals surface area contributed by atoms with Crippen LogP contribution < -0.4 is 4.90 Å². The molecule has 1 saturated heterocycles. The molecule has 0 saturated carbocycles. The van der Waals surface area contributed by atoms with E-state index in [1.54, 1.807) is 4.90 Å². The Bertz CT molecular complexity index is 423. The fraction of sp³-hybridized carbons (Fsp3) is 0.692. The van der Waals surface area contributed by atoms with Crippen molar-refractivity contribution < 1.29 is 13.2 Å². The summed E-state index contributed by atoms with van der Waals surface area (Å²) in [6.07, 6.45) is -1.47. The van der Waals surface area contributed by atoms with Gasteiger partial charge < -0.3 is 4.90 Å². The molecule has 0 N–H and O–H groups in total. The largest absolute Gasteiger partial charge is 0.420 e. The Balaban J connectivity index is 2.16. The topological polar surface area (TPSA) is 29.0 Å². The molecule has 2 rings (SSSR count). The van der Waals surface area contributed by atoms with Crippen molar-refractivity contribution in [1.29, 1.82) is 0 Å². The van der Waals surface area contributed by atoms with Crippen LogP contribution in [0.1, 0.15) is 32.3 Å². The number of hydrogen-bond acceptors (Lipinski definition) is 3. The first kappa shape index (κ1) is 14.1. The van der Waals surface area contributed by atoms with Crippen molar-refractivity contribution in [3.05, 3.63) is 17.8 Å². The second-order valence-electron chi connectivity index (χ2n) is 5.33. The van der Waals surface area contributed by atoms with Gasteiger partial charge in [0.25, 0.3) is 0 Å². The van der Waals surface area contributed by atoms with Gasteiger partial charge in [-0.15, -0.1) is 5.10 Å². The van der Waals surface area contributed by atoms with E-state index in [0.29, 0.717) is 24.9 Å². The lowest BCUT2D eigenvalue weighted by Crippen LogP contribution is -2.37. The first-order chi connectivity index (χ1) is 8.89. The van der Waals surface area contributed by atoms with E-state index in [-0.39, 0.29) is 5.82 Å². The predicted octanol–water partition coefficient (Wildman–Crippen LogP) is 3.37. The maximum Gasteiger partial charge on any atom is 0.420 e. The standard InChI is InChI=1S/C13H18F3N3/c1-9(2)10-4-7-19(8-5-10)12-11(13(14,15)16)3-6-17-18-12/h3,6,9-10H,4-5,7-8H2,1-2H3. The highest BCUT2D eigenvalue weighted by molar-refractivity contribution is 5.47. The quantitative estimate of drug-likeness (QED) is 0.827. The number of halogens is 3. The van der Waals surface area contributed by atoms with Crippen molar-refractivity contribution in [1.82, 2.24) is 10.2 Å². The van der Waals surface area contributed by atoms with E-state index in [4.69, 9.17) is 0 Å². The third-order valence-corrected chi connectivity index (χ3v) is 3.79. The Kier molecular flexibility index (Phi) is 3.96. The minimum absolute atomic E-state index is 0.0304. The van der Waals surface area contributed by atoms with Crippen LogP contribution in [0.5, 0.6) is 0 Å². The lowest BCUT2D eigenvalue weighted by Gasteiger charge is -2.35. The Morgan fingerprint density at radius 1 is 1.26 bits per heavy atom. The summed E-state index contributed by atoms with van der Waals surface area (Å²) in [7, 11) is 0. The molecule has 2 heterocycles. The van der Waals surface area contributed by atoms with Gasteiger partial charge in [-0.2, -0.15) is 18.3 Å². The maximum atomic E-state index is 12.9. The van der Waals surface area contributed by atoms with Crippen molar-refractivity contribution in [3.63, 3.8) is 0 Å². The minimum Gasteiger partial charge on any atom is -0.355 e. The predicted molar refractivity (Wildman–Crippen MR) is 66.8 cm³/mol. The molecule has 19 heavy (non-hydrogen) atoms. The molecular weight excluding hydrogens is 255 g/mol. The van der Waals surface area contributed by atoms with Crippen molar-refractivity contribution >= 4 is 5.82 Å². The molecule has 0 radical (unpaired) electrons. The van der Waals surface area contributed by atoms with Gasteiger partial charge in [-0.25, -0.2) is 0 Å². The van der Waals surface area contributed by atoms with Crippen molar-refractivity contribution in [2.75, 3.05) is 18.0 Å². The highest BCUT2D eigenvalue weighted by Crippen LogP contribution is 2.36. The number of alkyl halides is 3. The van der Waals surface area contributed by atoms with E-state index >= 15 is 0 Å².